The van der Waals surface area contributed by atoms with E-state index in [1.54, 1.807) is 14.0 Å². The van der Waals surface area contributed by atoms with Gasteiger partial charge in [-0.2, -0.15) is 9.40 Å². The third-order valence-corrected chi connectivity index (χ3v) is 5.00. The predicted molar refractivity (Wildman–Crippen MR) is 63.7 cm³/mol. The molecule has 2 heterocycles. The maximum absolute atomic E-state index is 11.8. The minimum atomic E-state index is -3.25. The Morgan fingerprint density at radius 3 is 2.72 bits per heavy atom. The minimum Gasteiger partial charge on any atom is -0.476 e. The van der Waals surface area contributed by atoms with Crippen LogP contribution in [0.1, 0.15) is 28.7 Å². The van der Waals surface area contributed by atoms with Gasteiger partial charge in [0.2, 0.25) is 10.0 Å². The highest BCUT2D eigenvalue weighted by Crippen LogP contribution is 2.23. The van der Waals surface area contributed by atoms with Gasteiger partial charge in [-0.05, 0) is 13.3 Å². The van der Waals surface area contributed by atoms with Crippen LogP contribution in [0.3, 0.4) is 0 Å². The number of carboxylic acid groups (broad SMARTS) is 1. The number of aromatic nitrogens is 2. The van der Waals surface area contributed by atoms with Crippen LogP contribution in [-0.2, 0) is 30.0 Å². The molecule has 100 valence electrons. The fraction of sp³-hybridized carbons (Fsp3) is 0.600. The monoisotopic (exact) mass is 273 g/mol. The van der Waals surface area contributed by atoms with E-state index in [0.29, 0.717) is 24.2 Å². The van der Waals surface area contributed by atoms with Crippen molar-refractivity contribution in [3.63, 3.8) is 0 Å². The molecule has 8 heteroatoms. The van der Waals surface area contributed by atoms with Gasteiger partial charge in [-0.1, -0.05) is 0 Å². The van der Waals surface area contributed by atoms with Crippen molar-refractivity contribution in [2.75, 3.05) is 12.3 Å². The summed E-state index contributed by atoms with van der Waals surface area (Å²) in [4.78, 5) is 11.0. The molecule has 0 aromatic carbocycles. The number of fused-ring (bicyclic) bond motifs is 1. The molecule has 0 bridgehead atoms. The summed E-state index contributed by atoms with van der Waals surface area (Å²) in [5.74, 6) is -1.02. The fourth-order valence-electron chi connectivity index (χ4n) is 2.14. The average molecular weight is 273 g/mol. The molecule has 0 fully saturated rings. The summed E-state index contributed by atoms with van der Waals surface area (Å²) in [5, 5.41) is 12.9. The second-order valence-corrected chi connectivity index (χ2v) is 6.44. The number of carboxylic acids is 1. The van der Waals surface area contributed by atoms with Crippen molar-refractivity contribution in [3.8, 4) is 0 Å². The number of aromatic carboxylic acids is 1. The molecule has 0 unspecified atom stereocenters. The molecule has 0 aliphatic carbocycles. The summed E-state index contributed by atoms with van der Waals surface area (Å²) in [6, 6.07) is 0. The third kappa shape index (κ3) is 2.01. The van der Waals surface area contributed by atoms with Gasteiger partial charge < -0.3 is 5.11 Å². The Morgan fingerprint density at radius 1 is 1.50 bits per heavy atom. The van der Waals surface area contributed by atoms with E-state index in [1.807, 2.05) is 0 Å². The minimum absolute atomic E-state index is 0.0287. The molecule has 0 spiro atoms. The topological polar surface area (TPSA) is 92.5 Å². The highest BCUT2D eigenvalue weighted by Gasteiger charge is 2.31. The zero-order chi connectivity index (χ0) is 13.5. The van der Waals surface area contributed by atoms with Crippen LogP contribution in [0.5, 0.6) is 0 Å². The van der Waals surface area contributed by atoms with Crippen molar-refractivity contribution in [2.24, 2.45) is 7.05 Å². The summed E-state index contributed by atoms with van der Waals surface area (Å²) < 4.78 is 26.4. The molecular formula is C10H15N3O4S. The van der Waals surface area contributed by atoms with Gasteiger partial charge in [-0.15, -0.1) is 0 Å². The maximum Gasteiger partial charge on any atom is 0.356 e. The van der Waals surface area contributed by atoms with E-state index >= 15 is 0 Å². The Labute approximate surface area is 105 Å². The first kappa shape index (κ1) is 13.0. The first-order valence-electron chi connectivity index (χ1n) is 5.62. The third-order valence-electron chi connectivity index (χ3n) is 3.17. The van der Waals surface area contributed by atoms with Crippen LogP contribution in [0.25, 0.3) is 0 Å². The van der Waals surface area contributed by atoms with Crippen LogP contribution in [0.2, 0.25) is 0 Å². The van der Waals surface area contributed by atoms with E-state index in [4.69, 9.17) is 5.11 Å². The standard InChI is InChI=1S/C10H15N3O4S/c1-3-18(16,17)13-5-4-7-8(6-13)12(2)11-9(7)10(14)15/h3-6H2,1-2H3,(H,14,15). The van der Waals surface area contributed by atoms with Crippen LogP contribution in [-0.4, -0.2) is 45.9 Å². The lowest BCUT2D eigenvalue weighted by Gasteiger charge is -2.26. The zero-order valence-corrected chi connectivity index (χ0v) is 11.1. The molecule has 0 radical (unpaired) electrons. The lowest BCUT2D eigenvalue weighted by Crippen LogP contribution is -2.37. The average Bonchev–Trinajstić information content (AvgIpc) is 2.67. The number of hydrogen-bond donors (Lipinski definition) is 1. The van der Waals surface area contributed by atoms with E-state index in [9.17, 15) is 13.2 Å². The van der Waals surface area contributed by atoms with E-state index < -0.39 is 16.0 Å². The summed E-state index contributed by atoms with van der Waals surface area (Å²) in [6.45, 7) is 2.11. The Bertz CT molecular complexity index is 591. The zero-order valence-electron chi connectivity index (χ0n) is 10.3. The molecule has 1 aromatic heterocycles. The molecule has 7 nitrogen and oxygen atoms in total. The van der Waals surface area contributed by atoms with Crippen molar-refractivity contribution in [1.82, 2.24) is 14.1 Å². The number of carbonyl (C=O) groups is 1. The van der Waals surface area contributed by atoms with Gasteiger partial charge in [0.1, 0.15) is 0 Å². The predicted octanol–water partition coefficient (Wildman–Crippen LogP) is -0.174. The Hall–Kier alpha value is -1.41. The van der Waals surface area contributed by atoms with Crippen molar-refractivity contribution in [2.45, 2.75) is 19.9 Å². The van der Waals surface area contributed by atoms with Crippen LogP contribution < -0.4 is 0 Å². The summed E-state index contributed by atoms with van der Waals surface area (Å²) in [7, 11) is -1.61. The van der Waals surface area contributed by atoms with E-state index in [-0.39, 0.29) is 18.0 Å². The van der Waals surface area contributed by atoms with Gasteiger partial charge in [0.25, 0.3) is 0 Å². The Balaban J connectivity index is 2.39. The van der Waals surface area contributed by atoms with Crippen LogP contribution in [0.15, 0.2) is 0 Å². The normalized spacial score (nSPS) is 16.6. The number of hydrogen-bond acceptors (Lipinski definition) is 4. The van der Waals surface area contributed by atoms with Gasteiger partial charge in [0.15, 0.2) is 5.69 Å². The molecule has 2 rings (SSSR count). The molecule has 1 aliphatic heterocycles. The van der Waals surface area contributed by atoms with Crippen molar-refractivity contribution >= 4 is 16.0 Å². The molecule has 0 saturated carbocycles. The van der Waals surface area contributed by atoms with Gasteiger partial charge in [-0.25, -0.2) is 13.2 Å². The quantitative estimate of drug-likeness (QED) is 0.825. The van der Waals surface area contributed by atoms with Crippen molar-refractivity contribution in [1.29, 1.82) is 0 Å². The first-order valence-corrected chi connectivity index (χ1v) is 7.23. The van der Waals surface area contributed by atoms with Crippen LogP contribution in [0, 0.1) is 0 Å². The largest absolute Gasteiger partial charge is 0.476 e. The Kier molecular flexibility index (Phi) is 3.16. The second kappa shape index (κ2) is 4.36. The van der Waals surface area contributed by atoms with E-state index in [0.717, 1.165) is 0 Å². The van der Waals surface area contributed by atoms with Crippen molar-refractivity contribution < 1.29 is 18.3 Å². The van der Waals surface area contributed by atoms with Gasteiger partial charge >= 0.3 is 5.97 Å². The lowest BCUT2D eigenvalue weighted by atomic mass is 10.1. The maximum atomic E-state index is 11.8. The number of rotatable bonds is 3. The number of aryl methyl sites for hydroxylation is 1. The highest BCUT2D eigenvalue weighted by atomic mass is 32.2. The number of nitrogens with zero attached hydrogens (tertiary/aromatic N) is 3. The van der Waals surface area contributed by atoms with E-state index in [1.165, 1.54) is 8.99 Å². The molecule has 0 saturated heterocycles. The SMILES string of the molecule is CCS(=O)(=O)N1CCc2c(C(=O)O)nn(C)c2C1. The van der Waals surface area contributed by atoms with Gasteiger partial charge in [0.05, 0.1) is 18.0 Å². The second-order valence-electron chi connectivity index (χ2n) is 4.19. The Morgan fingerprint density at radius 2 is 2.17 bits per heavy atom. The summed E-state index contributed by atoms with van der Waals surface area (Å²) in [5.41, 5.74) is 1.34. The fourth-order valence-corrected chi connectivity index (χ4v) is 3.19. The number of sulfonamides is 1. The van der Waals surface area contributed by atoms with Crippen molar-refractivity contribution in [3.05, 3.63) is 17.0 Å². The molecule has 0 atom stereocenters. The summed E-state index contributed by atoms with van der Waals surface area (Å²) >= 11 is 0. The molecular weight excluding hydrogens is 258 g/mol. The van der Waals surface area contributed by atoms with E-state index in [2.05, 4.69) is 5.10 Å². The first-order chi connectivity index (χ1) is 8.36. The van der Waals surface area contributed by atoms with Crippen LogP contribution >= 0.6 is 0 Å². The smallest absolute Gasteiger partial charge is 0.356 e. The van der Waals surface area contributed by atoms with Gasteiger partial charge in [0, 0.05) is 19.2 Å². The lowest BCUT2D eigenvalue weighted by molar-refractivity contribution is 0.0688. The molecule has 18 heavy (non-hydrogen) atoms. The highest BCUT2D eigenvalue weighted by molar-refractivity contribution is 7.89. The molecule has 1 aliphatic rings. The van der Waals surface area contributed by atoms with Crippen LogP contribution in [0.4, 0.5) is 0 Å². The molecule has 0 amide bonds. The molecule has 1 N–H and O–H groups in total. The summed E-state index contributed by atoms with van der Waals surface area (Å²) in [6.07, 6.45) is 0.393. The van der Waals surface area contributed by atoms with Gasteiger partial charge in [-0.3, -0.25) is 4.68 Å². The molecule has 1 aromatic rings.